The molecule has 2 atom stereocenters. The van der Waals surface area contributed by atoms with Gasteiger partial charge in [0, 0.05) is 0 Å². The zero-order valence-corrected chi connectivity index (χ0v) is 74.3. The number of fused-ring (bicyclic) bond motifs is 1. The van der Waals surface area contributed by atoms with Gasteiger partial charge in [0.25, 0.3) is 0 Å². The van der Waals surface area contributed by atoms with Gasteiger partial charge in [-0.05, 0) is 284 Å². The summed E-state index contributed by atoms with van der Waals surface area (Å²) in [4.78, 5) is 0. The smallest absolute Gasteiger partial charge is 0.0146 e. The maximum atomic E-state index is 2.48. The number of unbranched alkanes of at least 4 members (excludes halogenated alkanes) is 2. The fourth-order valence-electron chi connectivity index (χ4n) is 16.7. The van der Waals surface area contributed by atoms with Gasteiger partial charge in [0.1, 0.15) is 0 Å². The second-order valence-electron chi connectivity index (χ2n) is 33.6. The van der Waals surface area contributed by atoms with Crippen LogP contribution >= 0.6 is 0 Å². The summed E-state index contributed by atoms with van der Waals surface area (Å²) >= 11 is 0. The van der Waals surface area contributed by atoms with E-state index in [9.17, 15) is 0 Å². The second kappa shape index (κ2) is 45.3. The lowest BCUT2D eigenvalue weighted by atomic mass is 9.86. The van der Waals surface area contributed by atoms with Crippen LogP contribution in [0.3, 0.4) is 0 Å². The van der Waals surface area contributed by atoms with Gasteiger partial charge < -0.3 is 0 Å². The summed E-state index contributed by atoms with van der Waals surface area (Å²) in [5.74, 6) is 1.79. The molecule has 594 valence electrons. The molecule has 114 heavy (non-hydrogen) atoms. The van der Waals surface area contributed by atoms with Crippen molar-refractivity contribution in [3.8, 4) is 66.8 Å². The van der Waals surface area contributed by atoms with E-state index in [4.69, 9.17) is 0 Å². The highest BCUT2D eigenvalue weighted by molar-refractivity contribution is 5.90. The summed E-state index contributed by atoms with van der Waals surface area (Å²) in [6, 6.07) is 92.8. The van der Waals surface area contributed by atoms with E-state index in [-0.39, 0.29) is 0 Å². The van der Waals surface area contributed by atoms with Crippen molar-refractivity contribution in [2.24, 2.45) is 11.8 Å². The molecule has 0 nitrogen and oxygen atoms in total. The Morgan fingerprint density at radius 3 is 0.789 bits per heavy atom. The van der Waals surface area contributed by atoms with Crippen LogP contribution in [0.15, 0.2) is 255 Å². The molecule has 0 amide bonds. The van der Waals surface area contributed by atoms with Gasteiger partial charge in [-0.3, -0.25) is 0 Å². The minimum Gasteiger partial charge on any atom is -0.0654 e. The molecule has 0 heteroatoms. The van der Waals surface area contributed by atoms with Crippen LogP contribution in [-0.4, -0.2) is 0 Å². The van der Waals surface area contributed by atoms with Crippen LogP contribution in [0.5, 0.6) is 0 Å². The van der Waals surface area contributed by atoms with Gasteiger partial charge in [0.05, 0.1) is 0 Å². The Kier molecular flexibility index (Phi) is 35.6. The molecule has 0 radical (unpaired) electrons. The largest absolute Gasteiger partial charge is 0.0654 e. The normalized spacial score (nSPS) is 11.3. The van der Waals surface area contributed by atoms with Gasteiger partial charge in [0.15, 0.2) is 0 Å². The van der Waals surface area contributed by atoms with Crippen molar-refractivity contribution < 1.29 is 0 Å². The second-order valence-corrected chi connectivity index (χ2v) is 33.6. The van der Waals surface area contributed by atoms with E-state index in [1.54, 1.807) is 11.1 Å². The Balaban J connectivity index is 0.000000176. The maximum Gasteiger partial charge on any atom is -0.0146 e. The Morgan fingerprint density at radius 2 is 0.474 bits per heavy atom. The first kappa shape index (κ1) is 89.7. The van der Waals surface area contributed by atoms with Crippen molar-refractivity contribution in [2.75, 3.05) is 0 Å². The van der Waals surface area contributed by atoms with Crippen molar-refractivity contribution in [1.29, 1.82) is 0 Å². The van der Waals surface area contributed by atoms with Crippen LogP contribution in [-0.2, 0) is 12.8 Å². The van der Waals surface area contributed by atoms with E-state index >= 15 is 0 Å². The molecule has 0 aromatic heterocycles. The minimum absolute atomic E-state index is 0.896. The van der Waals surface area contributed by atoms with E-state index in [0.717, 1.165) is 11.8 Å². The Labute approximate surface area is 693 Å². The molecule has 0 spiro atoms. The summed E-state index contributed by atoms with van der Waals surface area (Å²) < 4.78 is 0. The lowest BCUT2D eigenvalue weighted by Gasteiger charge is -2.19. The summed E-state index contributed by atoms with van der Waals surface area (Å²) in [5, 5.41) is 3.08. The fourth-order valence-corrected chi connectivity index (χ4v) is 16.7. The molecule has 13 aromatic carbocycles. The number of hydrogen-bond donors (Lipinski definition) is 0. The van der Waals surface area contributed by atoms with Gasteiger partial charge in [-0.2, -0.15) is 0 Å². The molecule has 13 rings (SSSR count). The fraction of sp³-hybridized carbons (Fsp3) is 0.333. The third-order valence-corrected chi connectivity index (χ3v) is 22.5. The highest BCUT2D eigenvalue weighted by atomic mass is 14.2. The summed E-state index contributed by atoms with van der Waals surface area (Å²) in [6.45, 7) is 48.5. The topological polar surface area (TPSA) is 0 Å². The first-order valence-electron chi connectivity index (χ1n) is 43.1. The first-order valence-corrected chi connectivity index (χ1v) is 43.1. The van der Waals surface area contributed by atoms with Crippen LogP contribution < -0.4 is 0 Å². The third-order valence-electron chi connectivity index (χ3n) is 22.5. The quantitative estimate of drug-likeness (QED) is 0.0634. The average Bonchev–Trinajstić information content (AvgIpc) is 0.783. The van der Waals surface area contributed by atoms with Crippen LogP contribution in [0.4, 0.5) is 0 Å². The molecule has 0 fully saturated rings. The zero-order chi connectivity index (χ0) is 82.4. The molecule has 0 aliphatic rings. The van der Waals surface area contributed by atoms with E-state index in [1.807, 2.05) is 6.07 Å². The Morgan fingerprint density at radius 1 is 0.184 bits per heavy atom. The third kappa shape index (κ3) is 27.7. The van der Waals surface area contributed by atoms with Crippen molar-refractivity contribution >= 4 is 10.8 Å². The molecule has 0 bridgehead atoms. The van der Waals surface area contributed by atoms with Gasteiger partial charge >= 0.3 is 0 Å². The number of aryl methyl sites for hydroxylation is 20. The predicted octanol–water partition coefficient (Wildman–Crippen LogP) is 33.9. The SMILES string of the molecule is CCCCC(CCC)CCc1cc(C)cc2c(CCC(CCC)CCCC)cc(C)cc12.Cc1cc(-c2ccccc2)c(C)cc1-c1ccccc1.Cc1cc(C)cc(-c2cc(C)cc(C)c2)c1.Cc1cc(C)cc(-c2ccccc2)c1.Cc1ccc(-c2ccc(C)cc2C)c(C)c1.Cc1ccc(C)c(-c2cc(C)ccc2C)c1. The summed E-state index contributed by atoms with van der Waals surface area (Å²) in [7, 11) is 0. The highest BCUT2D eigenvalue weighted by Gasteiger charge is 2.16. The number of benzene rings is 13. The highest BCUT2D eigenvalue weighted by Crippen LogP contribution is 2.36. The molecule has 0 N–H and O–H groups in total. The molecule has 13 aromatic rings. The van der Waals surface area contributed by atoms with Crippen molar-refractivity contribution in [1.82, 2.24) is 0 Å². The van der Waals surface area contributed by atoms with E-state index in [2.05, 4.69) is 401 Å². The minimum atomic E-state index is 0.896. The number of rotatable bonds is 22. The lowest BCUT2D eigenvalue weighted by molar-refractivity contribution is 0.402. The Hall–Kier alpha value is -9.88. The molecular formula is C114H138. The summed E-state index contributed by atoms with van der Waals surface area (Å²) in [6.07, 6.45) is 18.9. The van der Waals surface area contributed by atoms with Gasteiger partial charge in [-0.15, -0.1) is 0 Å². The molecule has 0 heterocycles. The Bertz CT molecular complexity index is 4810. The van der Waals surface area contributed by atoms with Gasteiger partial charge in [0.2, 0.25) is 0 Å². The zero-order valence-electron chi connectivity index (χ0n) is 74.3. The molecule has 0 aliphatic carbocycles. The molecular weight excluding hydrogens is 1370 g/mol. The van der Waals surface area contributed by atoms with Crippen molar-refractivity contribution in [3.63, 3.8) is 0 Å². The molecule has 0 aliphatic heterocycles. The van der Waals surface area contributed by atoms with Crippen LogP contribution in [0, 0.1) is 136 Å². The predicted molar refractivity (Wildman–Crippen MR) is 507 cm³/mol. The van der Waals surface area contributed by atoms with Crippen molar-refractivity contribution in [2.45, 2.75) is 242 Å². The monoisotopic (exact) mass is 1510 g/mol. The van der Waals surface area contributed by atoms with Crippen molar-refractivity contribution in [3.05, 3.63) is 366 Å². The van der Waals surface area contributed by atoms with E-state index < -0.39 is 0 Å². The van der Waals surface area contributed by atoms with Crippen LogP contribution in [0.1, 0.15) is 216 Å². The van der Waals surface area contributed by atoms with Crippen LogP contribution in [0.2, 0.25) is 0 Å². The molecule has 2 unspecified atom stereocenters. The first-order chi connectivity index (χ1) is 54.7. The van der Waals surface area contributed by atoms with Crippen LogP contribution in [0.25, 0.3) is 77.5 Å². The van der Waals surface area contributed by atoms with Gasteiger partial charge in [-0.1, -0.05) is 413 Å². The van der Waals surface area contributed by atoms with Gasteiger partial charge in [-0.25, -0.2) is 0 Å². The number of hydrogen-bond acceptors (Lipinski definition) is 0. The average molecular weight is 1510 g/mol. The summed E-state index contributed by atoms with van der Waals surface area (Å²) in [5.41, 5.74) is 43.2. The standard InChI is InChI=1S/C32H52.C20H18.3C16H18.C14H14/c1-7-11-15-27(13-9-3)17-19-29-21-25(5)24-32-30(22-26(6)23-31(29)32)20-18-28(14-10-4)16-12-8-2;1-15-13-20(18-11-7-4-8-12-18)16(2)14-19(15)17-9-5-3-6-10-17;1-11-5-12(2)8-15(7-11)16-9-13(3)6-14(4)10-16;1-11-5-7-15(13(3)9-11)16-8-6-12(2)10-14(16)4;1-11-5-7-13(3)15(9-11)16-10-12(2)6-8-14(16)4;1-11-8-12(2)10-14(9-11)13-6-4-3-5-7-13/h21-24,27-28H,7-20H2,1-6H3;3-14H,1-2H3;3*5-10H,1-4H3;3-10H,1-2H3. The van der Waals surface area contributed by atoms with E-state index in [0.29, 0.717) is 0 Å². The lowest BCUT2D eigenvalue weighted by Crippen LogP contribution is -2.05. The molecule has 0 saturated heterocycles. The molecule has 0 saturated carbocycles. The maximum absolute atomic E-state index is 2.48. The van der Waals surface area contributed by atoms with E-state index in [1.165, 1.54) is 268 Å².